The van der Waals surface area contributed by atoms with Crippen LogP contribution in [0.4, 0.5) is 5.82 Å². The van der Waals surface area contributed by atoms with Gasteiger partial charge in [0.15, 0.2) is 0 Å². The maximum Gasteiger partial charge on any atom is 0.273 e. The molecule has 0 saturated heterocycles. The van der Waals surface area contributed by atoms with E-state index in [4.69, 9.17) is 0 Å². The van der Waals surface area contributed by atoms with Crippen molar-refractivity contribution >= 4 is 22.6 Å². The average Bonchev–Trinajstić information content (AvgIpc) is 3.78. The van der Waals surface area contributed by atoms with Crippen LogP contribution in [-0.4, -0.2) is 42.8 Å². The van der Waals surface area contributed by atoms with Crippen LogP contribution in [0.1, 0.15) is 41.9 Å². The zero-order chi connectivity index (χ0) is 22.2. The molecule has 1 amide bonds. The molecule has 1 N–H and O–H groups in total. The molecule has 4 aromatic rings. The number of pyridine rings is 2. The van der Waals surface area contributed by atoms with Crippen LogP contribution in [-0.2, 0) is 6.54 Å². The van der Waals surface area contributed by atoms with Crippen molar-refractivity contribution in [1.82, 2.24) is 24.8 Å². The Bertz CT molecular complexity index is 1320. The Kier molecular flexibility index (Phi) is 4.94. The molecular weight excluding hydrogens is 412 g/mol. The van der Waals surface area contributed by atoms with Gasteiger partial charge < -0.3 is 10.2 Å². The van der Waals surface area contributed by atoms with E-state index in [9.17, 15) is 4.79 Å². The summed E-state index contributed by atoms with van der Waals surface area (Å²) in [7, 11) is 0. The van der Waals surface area contributed by atoms with E-state index in [1.165, 1.54) is 12.8 Å². The summed E-state index contributed by atoms with van der Waals surface area (Å²) < 4.78 is 0. The van der Waals surface area contributed by atoms with Gasteiger partial charge in [0.1, 0.15) is 17.8 Å². The number of hydrogen-bond acceptors (Lipinski definition) is 6. The summed E-state index contributed by atoms with van der Waals surface area (Å²) >= 11 is 0. The van der Waals surface area contributed by atoms with Gasteiger partial charge in [-0.3, -0.25) is 14.8 Å². The Morgan fingerprint density at radius 2 is 1.79 bits per heavy atom. The third-order valence-electron chi connectivity index (χ3n) is 6.17. The van der Waals surface area contributed by atoms with E-state index in [1.54, 1.807) is 18.6 Å². The second-order valence-electron chi connectivity index (χ2n) is 8.79. The van der Waals surface area contributed by atoms with Gasteiger partial charge in [-0.15, -0.1) is 0 Å². The summed E-state index contributed by atoms with van der Waals surface area (Å²) in [5.74, 6) is 0.850. The highest BCUT2D eigenvalue weighted by molar-refractivity contribution is 5.93. The van der Waals surface area contributed by atoms with E-state index in [1.807, 2.05) is 35.4 Å². The molecule has 6 rings (SSSR count). The van der Waals surface area contributed by atoms with E-state index < -0.39 is 0 Å². The van der Waals surface area contributed by atoms with Crippen molar-refractivity contribution in [2.24, 2.45) is 0 Å². The maximum absolute atomic E-state index is 13.1. The van der Waals surface area contributed by atoms with Crippen LogP contribution in [0, 0.1) is 0 Å². The van der Waals surface area contributed by atoms with E-state index in [2.05, 4.69) is 43.5 Å². The summed E-state index contributed by atoms with van der Waals surface area (Å²) in [5.41, 5.74) is 4.40. The zero-order valence-corrected chi connectivity index (χ0v) is 18.2. The molecule has 0 unspecified atom stereocenters. The molecule has 2 fully saturated rings. The van der Waals surface area contributed by atoms with Crippen molar-refractivity contribution in [2.45, 2.75) is 44.3 Å². The van der Waals surface area contributed by atoms with Gasteiger partial charge in [-0.05, 0) is 73.2 Å². The largest absolute Gasteiger partial charge is 0.367 e. The van der Waals surface area contributed by atoms with E-state index in [0.717, 1.165) is 46.4 Å². The van der Waals surface area contributed by atoms with Crippen molar-refractivity contribution in [3.63, 3.8) is 0 Å². The van der Waals surface area contributed by atoms with Gasteiger partial charge in [-0.1, -0.05) is 12.1 Å². The topological polar surface area (TPSA) is 83.9 Å². The summed E-state index contributed by atoms with van der Waals surface area (Å²) in [5, 5.41) is 4.53. The van der Waals surface area contributed by atoms with Gasteiger partial charge in [0, 0.05) is 29.9 Å². The molecule has 164 valence electrons. The molecule has 3 aromatic heterocycles. The first-order chi connectivity index (χ1) is 16.2. The molecular formula is C26H24N6O. The Morgan fingerprint density at radius 1 is 0.909 bits per heavy atom. The highest BCUT2D eigenvalue weighted by Gasteiger charge is 2.33. The van der Waals surface area contributed by atoms with Crippen LogP contribution in [0.25, 0.3) is 22.0 Å². The molecule has 2 aliphatic carbocycles. The smallest absolute Gasteiger partial charge is 0.273 e. The first-order valence-corrected chi connectivity index (χ1v) is 11.4. The van der Waals surface area contributed by atoms with Crippen molar-refractivity contribution in [1.29, 1.82) is 0 Å². The number of aromatic nitrogens is 4. The first-order valence-electron chi connectivity index (χ1n) is 11.4. The van der Waals surface area contributed by atoms with Gasteiger partial charge in [-0.2, -0.15) is 0 Å². The van der Waals surface area contributed by atoms with Crippen molar-refractivity contribution in [3.8, 4) is 11.1 Å². The number of anilines is 1. The van der Waals surface area contributed by atoms with Crippen LogP contribution in [0.3, 0.4) is 0 Å². The molecule has 3 heterocycles. The van der Waals surface area contributed by atoms with E-state index >= 15 is 0 Å². The summed E-state index contributed by atoms with van der Waals surface area (Å²) in [6.45, 7) is 0.471. The van der Waals surface area contributed by atoms with Crippen LogP contribution in [0.2, 0.25) is 0 Å². The average molecular weight is 437 g/mol. The molecule has 0 atom stereocenters. The van der Waals surface area contributed by atoms with Gasteiger partial charge in [0.2, 0.25) is 0 Å². The number of benzene rings is 1. The number of amides is 1. The van der Waals surface area contributed by atoms with Gasteiger partial charge >= 0.3 is 0 Å². The fourth-order valence-corrected chi connectivity index (χ4v) is 4.08. The molecule has 2 aliphatic rings. The molecule has 33 heavy (non-hydrogen) atoms. The fraction of sp³-hybridized carbons (Fsp3) is 0.269. The molecule has 0 radical (unpaired) electrons. The minimum atomic E-state index is -0.0380. The summed E-state index contributed by atoms with van der Waals surface area (Å²) in [6.07, 6.45) is 9.52. The molecule has 2 saturated carbocycles. The standard InChI is InChI=1S/C26H24N6O/c33-26(24-3-1-2-11-28-24)32(21-7-8-21)15-20-13-18(10-12-27-20)17-4-9-23-22(14-17)25(30-16-29-23)31-19-5-6-19/h1-4,9-14,16,19,21H,5-8,15H2,(H,29,30,31). The third-order valence-corrected chi connectivity index (χ3v) is 6.17. The quantitative estimate of drug-likeness (QED) is 0.460. The second-order valence-corrected chi connectivity index (χ2v) is 8.79. The third kappa shape index (κ3) is 4.26. The van der Waals surface area contributed by atoms with Crippen LogP contribution < -0.4 is 5.32 Å². The number of rotatable bonds is 7. The van der Waals surface area contributed by atoms with Crippen LogP contribution >= 0.6 is 0 Å². The number of nitrogens with one attached hydrogen (secondary N) is 1. The number of carbonyl (C=O) groups excluding carboxylic acids is 1. The first kappa shape index (κ1) is 19.8. The fourth-order valence-electron chi connectivity index (χ4n) is 4.08. The normalized spacial score (nSPS) is 15.4. The van der Waals surface area contributed by atoms with Crippen LogP contribution in [0.5, 0.6) is 0 Å². The lowest BCUT2D eigenvalue weighted by Gasteiger charge is -2.22. The summed E-state index contributed by atoms with van der Waals surface area (Å²) in [4.78, 5) is 32.7. The molecule has 0 spiro atoms. The molecule has 0 bridgehead atoms. The minimum Gasteiger partial charge on any atom is -0.367 e. The Hall–Kier alpha value is -3.87. The molecule has 7 nitrogen and oxygen atoms in total. The number of carbonyl (C=O) groups is 1. The monoisotopic (exact) mass is 436 g/mol. The lowest BCUT2D eigenvalue weighted by atomic mass is 10.0. The van der Waals surface area contributed by atoms with Crippen LogP contribution in [0.15, 0.2) is 67.3 Å². The number of fused-ring (bicyclic) bond motifs is 1. The van der Waals surface area contributed by atoms with E-state index in [-0.39, 0.29) is 11.9 Å². The highest BCUT2D eigenvalue weighted by Crippen LogP contribution is 2.32. The Balaban J connectivity index is 1.29. The molecule has 1 aromatic carbocycles. The van der Waals surface area contributed by atoms with Gasteiger partial charge in [0.25, 0.3) is 5.91 Å². The SMILES string of the molecule is O=C(c1ccccn1)N(Cc1cc(-c2ccc3ncnc(NC4CC4)c3c2)ccn1)C1CC1. The maximum atomic E-state index is 13.1. The zero-order valence-electron chi connectivity index (χ0n) is 18.2. The molecule has 0 aliphatic heterocycles. The summed E-state index contributed by atoms with van der Waals surface area (Å²) in [6, 6.07) is 16.5. The highest BCUT2D eigenvalue weighted by atomic mass is 16.2. The number of hydrogen-bond donors (Lipinski definition) is 1. The van der Waals surface area contributed by atoms with Crippen molar-refractivity contribution in [3.05, 3.63) is 78.6 Å². The van der Waals surface area contributed by atoms with Gasteiger partial charge in [0.05, 0.1) is 17.8 Å². The predicted octanol–water partition coefficient (Wildman–Crippen LogP) is 4.47. The second kappa shape index (κ2) is 8.24. The lowest BCUT2D eigenvalue weighted by molar-refractivity contribution is 0.0721. The Morgan fingerprint density at radius 3 is 2.58 bits per heavy atom. The number of nitrogens with zero attached hydrogens (tertiary/aromatic N) is 5. The molecule has 7 heteroatoms. The van der Waals surface area contributed by atoms with E-state index in [0.29, 0.717) is 18.3 Å². The van der Waals surface area contributed by atoms with Crippen molar-refractivity contribution in [2.75, 3.05) is 5.32 Å². The lowest BCUT2D eigenvalue weighted by Crippen LogP contribution is -2.33. The van der Waals surface area contributed by atoms with Gasteiger partial charge in [-0.25, -0.2) is 9.97 Å². The Labute approximate surface area is 191 Å². The predicted molar refractivity (Wildman–Crippen MR) is 127 cm³/mol. The van der Waals surface area contributed by atoms with Crippen molar-refractivity contribution < 1.29 is 4.79 Å². The minimum absolute atomic E-state index is 0.0380.